The number of hydrogen-bond donors (Lipinski definition) is 2. The van der Waals surface area contributed by atoms with E-state index in [1.807, 2.05) is 5.32 Å². The van der Waals surface area contributed by atoms with Crippen LogP contribution in [-0.2, 0) is 9.53 Å². The summed E-state index contributed by atoms with van der Waals surface area (Å²) in [6.45, 7) is 1.32. The number of thiophene rings is 1. The third-order valence-corrected chi connectivity index (χ3v) is 4.53. The summed E-state index contributed by atoms with van der Waals surface area (Å²) in [6, 6.07) is 3.23. The zero-order valence-corrected chi connectivity index (χ0v) is 13.7. The molecule has 0 unspecified atom stereocenters. The number of carbonyl (C=O) groups is 3. The second kappa shape index (κ2) is 6.93. The number of urea groups is 1. The van der Waals surface area contributed by atoms with E-state index >= 15 is 0 Å². The number of rotatable bonds is 3. The molecule has 6 nitrogen and oxygen atoms in total. The highest BCUT2D eigenvalue weighted by Crippen LogP contribution is 2.36. The van der Waals surface area contributed by atoms with Crippen molar-refractivity contribution in [2.45, 2.75) is 13.0 Å². The van der Waals surface area contributed by atoms with Crippen molar-refractivity contribution in [3.8, 4) is 0 Å². The number of benzene rings is 1. The highest BCUT2D eigenvalue weighted by molar-refractivity contribution is 7.21. The van der Waals surface area contributed by atoms with E-state index in [9.17, 15) is 18.8 Å². The Kier molecular flexibility index (Phi) is 5.17. The van der Waals surface area contributed by atoms with Crippen LogP contribution in [0.15, 0.2) is 18.2 Å². The van der Waals surface area contributed by atoms with Gasteiger partial charge in [0.1, 0.15) is 10.7 Å². The molecule has 0 aliphatic heterocycles. The van der Waals surface area contributed by atoms with Crippen LogP contribution in [0.4, 0.5) is 9.18 Å². The molecule has 2 aromatic rings. The monoisotopic (exact) mass is 358 g/mol. The minimum absolute atomic E-state index is 0.0619. The molecule has 0 aliphatic carbocycles. The van der Waals surface area contributed by atoms with Crippen molar-refractivity contribution in [2.75, 3.05) is 7.05 Å². The number of ether oxygens (including phenoxy) is 1. The third-order valence-electron chi connectivity index (χ3n) is 2.89. The van der Waals surface area contributed by atoms with Gasteiger partial charge in [0, 0.05) is 17.1 Å². The van der Waals surface area contributed by atoms with Gasteiger partial charge in [-0.05, 0) is 25.1 Å². The van der Waals surface area contributed by atoms with Crippen LogP contribution < -0.4 is 10.6 Å². The van der Waals surface area contributed by atoms with Crippen molar-refractivity contribution in [3.63, 3.8) is 0 Å². The molecular weight excluding hydrogens is 347 g/mol. The molecule has 0 bridgehead atoms. The molecule has 1 heterocycles. The third kappa shape index (κ3) is 3.77. The van der Waals surface area contributed by atoms with E-state index in [1.165, 1.54) is 32.2 Å². The number of esters is 1. The molecule has 0 saturated heterocycles. The van der Waals surface area contributed by atoms with E-state index in [2.05, 4.69) is 5.32 Å². The van der Waals surface area contributed by atoms with Gasteiger partial charge in [0.15, 0.2) is 6.10 Å². The lowest BCUT2D eigenvalue weighted by molar-refractivity contribution is -0.127. The van der Waals surface area contributed by atoms with Crippen LogP contribution in [0.2, 0.25) is 5.02 Å². The van der Waals surface area contributed by atoms with Gasteiger partial charge in [0.25, 0.3) is 5.91 Å². The van der Waals surface area contributed by atoms with E-state index in [4.69, 9.17) is 16.3 Å². The van der Waals surface area contributed by atoms with Gasteiger partial charge in [-0.2, -0.15) is 0 Å². The van der Waals surface area contributed by atoms with Crippen LogP contribution >= 0.6 is 22.9 Å². The Morgan fingerprint density at radius 3 is 2.70 bits per heavy atom. The van der Waals surface area contributed by atoms with Crippen molar-refractivity contribution in [1.29, 1.82) is 0 Å². The van der Waals surface area contributed by atoms with Gasteiger partial charge in [0.05, 0.1) is 5.02 Å². The fraction of sp³-hybridized carbons (Fsp3) is 0.214. The summed E-state index contributed by atoms with van der Waals surface area (Å²) in [7, 11) is 1.34. The highest BCUT2D eigenvalue weighted by Gasteiger charge is 2.24. The number of imide groups is 1. The molecule has 9 heteroatoms. The lowest BCUT2D eigenvalue weighted by Crippen LogP contribution is -2.43. The van der Waals surface area contributed by atoms with Gasteiger partial charge in [-0.3, -0.25) is 10.1 Å². The molecule has 0 radical (unpaired) electrons. The molecule has 0 spiro atoms. The molecule has 122 valence electrons. The zero-order chi connectivity index (χ0) is 17.1. The summed E-state index contributed by atoms with van der Waals surface area (Å²) in [5, 5.41) is 4.85. The SMILES string of the molecule is CNC(=O)NC(=O)[C@@H](C)OC(=O)c1sc2cc(F)ccc2c1Cl. The standard InChI is InChI=1S/C14H12ClFN2O4S/c1-6(12(19)18-14(21)17-2)22-13(20)11-10(15)8-4-3-7(16)5-9(8)23-11/h3-6H,1-2H3,(H2,17,18,19,21)/t6-/m1/s1. The Labute approximate surface area is 139 Å². The first-order valence-electron chi connectivity index (χ1n) is 6.44. The largest absolute Gasteiger partial charge is 0.448 e. The first-order valence-corrected chi connectivity index (χ1v) is 7.64. The Morgan fingerprint density at radius 1 is 1.35 bits per heavy atom. The molecule has 0 aliphatic rings. The fourth-order valence-corrected chi connectivity index (χ4v) is 3.13. The Morgan fingerprint density at radius 2 is 2.04 bits per heavy atom. The van der Waals surface area contributed by atoms with Crippen LogP contribution in [0, 0.1) is 5.82 Å². The number of carbonyl (C=O) groups excluding carboxylic acids is 3. The zero-order valence-electron chi connectivity index (χ0n) is 12.1. The summed E-state index contributed by atoms with van der Waals surface area (Å²) >= 11 is 7.06. The topological polar surface area (TPSA) is 84.5 Å². The van der Waals surface area contributed by atoms with E-state index in [1.54, 1.807) is 0 Å². The van der Waals surface area contributed by atoms with Gasteiger partial charge in [-0.25, -0.2) is 14.0 Å². The maximum atomic E-state index is 13.2. The lowest BCUT2D eigenvalue weighted by atomic mass is 10.2. The Bertz CT molecular complexity index is 792. The molecule has 1 atom stereocenters. The predicted molar refractivity (Wildman–Crippen MR) is 84.3 cm³/mol. The minimum Gasteiger partial charge on any atom is -0.448 e. The number of nitrogens with one attached hydrogen (secondary N) is 2. The molecule has 2 rings (SSSR count). The number of hydrogen-bond acceptors (Lipinski definition) is 5. The summed E-state index contributed by atoms with van der Waals surface area (Å²) in [4.78, 5) is 34.9. The van der Waals surface area contributed by atoms with Crippen molar-refractivity contribution in [3.05, 3.63) is 33.9 Å². The maximum Gasteiger partial charge on any atom is 0.350 e. The van der Waals surface area contributed by atoms with Crippen molar-refractivity contribution in [1.82, 2.24) is 10.6 Å². The van der Waals surface area contributed by atoms with E-state index in [0.717, 1.165) is 11.3 Å². The van der Waals surface area contributed by atoms with Crippen LogP contribution in [0.3, 0.4) is 0 Å². The van der Waals surface area contributed by atoms with Gasteiger partial charge in [-0.15, -0.1) is 11.3 Å². The minimum atomic E-state index is -1.20. The molecule has 3 amide bonds. The summed E-state index contributed by atoms with van der Waals surface area (Å²) in [5.74, 6) is -2.05. The normalized spacial score (nSPS) is 11.8. The van der Waals surface area contributed by atoms with Gasteiger partial charge >= 0.3 is 12.0 Å². The molecule has 23 heavy (non-hydrogen) atoms. The van der Waals surface area contributed by atoms with Crippen molar-refractivity contribution >= 4 is 50.9 Å². The number of amides is 3. The first-order chi connectivity index (χ1) is 10.8. The Hall–Kier alpha value is -2.19. The van der Waals surface area contributed by atoms with Crippen LogP contribution in [0.5, 0.6) is 0 Å². The average Bonchev–Trinajstić information content (AvgIpc) is 2.83. The van der Waals surface area contributed by atoms with E-state index < -0.39 is 29.8 Å². The second-order valence-corrected chi connectivity index (χ2v) is 5.93. The number of halogens is 2. The summed E-state index contributed by atoms with van der Waals surface area (Å²) in [5.41, 5.74) is 0. The van der Waals surface area contributed by atoms with Crippen molar-refractivity contribution in [2.24, 2.45) is 0 Å². The number of fused-ring (bicyclic) bond motifs is 1. The summed E-state index contributed by atoms with van der Waals surface area (Å²) in [6.07, 6.45) is -1.20. The van der Waals surface area contributed by atoms with E-state index in [-0.39, 0.29) is 9.90 Å². The van der Waals surface area contributed by atoms with Crippen LogP contribution in [0.25, 0.3) is 10.1 Å². The fourth-order valence-electron chi connectivity index (χ4n) is 1.71. The quantitative estimate of drug-likeness (QED) is 0.826. The van der Waals surface area contributed by atoms with Gasteiger partial charge in [-0.1, -0.05) is 11.6 Å². The smallest absolute Gasteiger partial charge is 0.350 e. The first kappa shape index (κ1) is 17.2. The average molecular weight is 359 g/mol. The molecule has 1 aromatic carbocycles. The molecule has 2 N–H and O–H groups in total. The van der Waals surface area contributed by atoms with Crippen LogP contribution in [0.1, 0.15) is 16.6 Å². The Balaban J connectivity index is 2.16. The summed E-state index contributed by atoms with van der Waals surface area (Å²) < 4.78 is 18.7. The van der Waals surface area contributed by atoms with E-state index in [0.29, 0.717) is 10.1 Å². The molecule has 0 saturated carbocycles. The van der Waals surface area contributed by atoms with Crippen LogP contribution in [-0.4, -0.2) is 31.1 Å². The maximum absolute atomic E-state index is 13.2. The highest BCUT2D eigenvalue weighted by atomic mass is 35.5. The van der Waals surface area contributed by atoms with Gasteiger partial charge < -0.3 is 10.1 Å². The molecule has 0 fully saturated rings. The second-order valence-electron chi connectivity index (χ2n) is 4.50. The lowest BCUT2D eigenvalue weighted by Gasteiger charge is -2.12. The predicted octanol–water partition coefficient (Wildman–Crippen LogP) is 2.69. The van der Waals surface area contributed by atoms with Gasteiger partial charge in [0.2, 0.25) is 0 Å². The molecule has 1 aromatic heterocycles. The van der Waals surface area contributed by atoms with Crippen molar-refractivity contribution < 1.29 is 23.5 Å². The molecular formula is C14H12ClFN2O4S.